The molecule has 0 unspecified atom stereocenters. The van der Waals surface area contributed by atoms with Crippen LogP contribution in [0.4, 0.5) is 5.95 Å². The van der Waals surface area contributed by atoms with E-state index in [4.69, 9.17) is 0 Å². The summed E-state index contributed by atoms with van der Waals surface area (Å²) >= 11 is 0. The Labute approximate surface area is 83.4 Å². The van der Waals surface area contributed by atoms with E-state index >= 15 is 0 Å². The molecule has 4 heteroatoms. The highest BCUT2D eigenvalue weighted by molar-refractivity contribution is 5.36. The Kier molecular flexibility index (Phi) is 1.87. The molecule has 14 heavy (non-hydrogen) atoms. The fraction of sp³-hybridized carbons (Fsp3) is 0.600. The summed E-state index contributed by atoms with van der Waals surface area (Å²) in [7, 11) is 0. The van der Waals surface area contributed by atoms with Gasteiger partial charge >= 0.3 is 0 Å². The summed E-state index contributed by atoms with van der Waals surface area (Å²) in [6, 6.07) is 0. The molecule has 0 aromatic carbocycles. The van der Waals surface area contributed by atoms with Crippen LogP contribution in [-0.2, 0) is 13.0 Å². The first-order valence-electron chi connectivity index (χ1n) is 5.24. The van der Waals surface area contributed by atoms with Crippen molar-refractivity contribution in [1.29, 1.82) is 0 Å². The highest BCUT2D eigenvalue weighted by Crippen LogP contribution is 2.18. The number of fused-ring (bicyclic) bond motifs is 1. The summed E-state index contributed by atoms with van der Waals surface area (Å²) in [5, 5.41) is 3.32. The third-order valence-corrected chi connectivity index (χ3v) is 2.93. The summed E-state index contributed by atoms with van der Waals surface area (Å²) < 4.78 is 0. The van der Waals surface area contributed by atoms with E-state index in [1.165, 1.54) is 17.7 Å². The van der Waals surface area contributed by atoms with Gasteiger partial charge in [-0.2, -0.15) is 0 Å². The Balaban J connectivity index is 1.92. The van der Waals surface area contributed by atoms with Crippen molar-refractivity contribution in [2.75, 3.05) is 24.5 Å². The predicted octanol–water partition coefficient (Wildman–Crippen LogP) is 0.332. The Hall–Kier alpha value is -1.16. The quantitative estimate of drug-likeness (QED) is 0.693. The first kappa shape index (κ1) is 8.17. The number of hydrogen-bond donors (Lipinski definition) is 1. The lowest BCUT2D eigenvalue weighted by Crippen LogP contribution is -2.39. The second-order valence-electron chi connectivity index (χ2n) is 3.91. The Morgan fingerprint density at radius 2 is 2.29 bits per heavy atom. The summed E-state index contributed by atoms with van der Waals surface area (Å²) in [4.78, 5) is 11.2. The Bertz CT molecular complexity index is 346. The molecule has 2 aliphatic heterocycles. The van der Waals surface area contributed by atoms with Crippen LogP contribution in [0.5, 0.6) is 0 Å². The van der Waals surface area contributed by atoms with E-state index in [9.17, 15) is 0 Å². The fourth-order valence-corrected chi connectivity index (χ4v) is 1.89. The average Bonchev–Trinajstić information content (AvgIpc) is 2.15. The van der Waals surface area contributed by atoms with Gasteiger partial charge in [0.2, 0.25) is 5.95 Å². The van der Waals surface area contributed by atoms with Crippen molar-refractivity contribution < 1.29 is 0 Å². The van der Waals surface area contributed by atoms with Crippen molar-refractivity contribution >= 4 is 5.95 Å². The number of rotatable bonds is 1. The Morgan fingerprint density at radius 3 is 3.07 bits per heavy atom. The zero-order valence-electron chi connectivity index (χ0n) is 8.16. The van der Waals surface area contributed by atoms with Gasteiger partial charge in [0, 0.05) is 44.4 Å². The average molecular weight is 190 g/mol. The van der Waals surface area contributed by atoms with E-state index in [0.29, 0.717) is 0 Å². The lowest BCUT2D eigenvalue weighted by molar-refractivity contribution is 0.585. The van der Waals surface area contributed by atoms with Gasteiger partial charge in [-0.1, -0.05) is 0 Å². The summed E-state index contributed by atoms with van der Waals surface area (Å²) in [6.07, 6.45) is 4.29. The summed E-state index contributed by atoms with van der Waals surface area (Å²) in [5.41, 5.74) is 2.50. The van der Waals surface area contributed by atoms with Gasteiger partial charge in [0.1, 0.15) is 0 Å². The van der Waals surface area contributed by atoms with E-state index in [2.05, 4.69) is 20.2 Å². The van der Waals surface area contributed by atoms with E-state index in [1.54, 1.807) is 0 Å². The fourth-order valence-electron chi connectivity index (χ4n) is 1.89. The zero-order chi connectivity index (χ0) is 9.38. The molecular weight excluding hydrogens is 176 g/mol. The maximum atomic E-state index is 4.61. The molecule has 1 fully saturated rings. The number of aromatic nitrogens is 2. The molecule has 0 aliphatic carbocycles. The van der Waals surface area contributed by atoms with Crippen LogP contribution < -0.4 is 10.2 Å². The van der Waals surface area contributed by atoms with E-state index in [0.717, 1.165) is 38.5 Å². The minimum atomic E-state index is 0.926. The third kappa shape index (κ3) is 1.26. The van der Waals surface area contributed by atoms with Crippen molar-refractivity contribution in [2.24, 2.45) is 0 Å². The van der Waals surface area contributed by atoms with E-state index in [1.807, 2.05) is 6.20 Å². The minimum Gasteiger partial charge on any atom is -0.341 e. The molecule has 1 saturated heterocycles. The molecule has 0 atom stereocenters. The van der Waals surface area contributed by atoms with E-state index < -0.39 is 0 Å². The van der Waals surface area contributed by atoms with Crippen molar-refractivity contribution in [2.45, 2.75) is 19.4 Å². The van der Waals surface area contributed by atoms with Crippen LogP contribution in [0, 0.1) is 0 Å². The topological polar surface area (TPSA) is 41.1 Å². The molecule has 1 aromatic rings. The molecule has 2 aliphatic rings. The molecule has 1 N–H and O–H groups in total. The first-order chi connectivity index (χ1) is 6.93. The summed E-state index contributed by atoms with van der Waals surface area (Å²) in [6.45, 7) is 4.22. The molecular formula is C10H14N4. The third-order valence-electron chi connectivity index (χ3n) is 2.93. The van der Waals surface area contributed by atoms with Gasteiger partial charge in [0.25, 0.3) is 0 Å². The highest BCUT2D eigenvalue weighted by atomic mass is 15.3. The van der Waals surface area contributed by atoms with Gasteiger partial charge in [-0.05, 0) is 6.42 Å². The molecule has 74 valence electrons. The monoisotopic (exact) mass is 190 g/mol. The Morgan fingerprint density at radius 1 is 1.36 bits per heavy atom. The maximum absolute atomic E-state index is 4.61. The van der Waals surface area contributed by atoms with Crippen LogP contribution in [0.2, 0.25) is 0 Å². The van der Waals surface area contributed by atoms with Crippen LogP contribution in [0.3, 0.4) is 0 Å². The van der Waals surface area contributed by atoms with Crippen LogP contribution in [-0.4, -0.2) is 29.6 Å². The molecule has 0 radical (unpaired) electrons. The number of anilines is 1. The molecule has 3 heterocycles. The zero-order valence-corrected chi connectivity index (χ0v) is 8.16. The SMILES string of the molecule is c1nc(N2CCC2)nc2c1CNCC2. The van der Waals surface area contributed by atoms with E-state index in [-0.39, 0.29) is 0 Å². The van der Waals surface area contributed by atoms with Crippen LogP contribution in [0.1, 0.15) is 17.7 Å². The molecule has 1 aromatic heterocycles. The van der Waals surface area contributed by atoms with Gasteiger partial charge in [-0.15, -0.1) is 0 Å². The molecule has 0 amide bonds. The molecule has 4 nitrogen and oxygen atoms in total. The van der Waals surface area contributed by atoms with Gasteiger partial charge in [-0.25, -0.2) is 9.97 Å². The van der Waals surface area contributed by atoms with Crippen molar-refractivity contribution in [3.05, 3.63) is 17.5 Å². The lowest BCUT2D eigenvalue weighted by atomic mass is 10.1. The molecule has 0 spiro atoms. The summed E-state index contributed by atoms with van der Waals surface area (Å²) in [5.74, 6) is 0.928. The molecule has 0 bridgehead atoms. The lowest BCUT2D eigenvalue weighted by Gasteiger charge is -2.31. The highest BCUT2D eigenvalue weighted by Gasteiger charge is 2.19. The normalized spacial score (nSPS) is 20.1. The second-order valence-corrected chi connectivity index (χ2v) is 3.91. The number of nitrogens with zero attached hydrogens (tertiary/aromatic N) is 3. The van der Waals surface area contributed by atoms with Crippen molar-refractivity contribution in [3.8, 4) is 0 Å². The second kappa shape index (κ2) is 3.20. The van der Waals surface area contributed by atoms with Crippen molar-refractivity contribution in [3.63, 3.8) is 0 Å². The molecule has 0 saturated carbocycles. The maximum Gasteiger partial charge on any atom is 0.225 e. The van der Waals surface area contributed by atoms with Gasteiger partial charge in [0.05, 0.1) is 5.69 Å². The standard InChI is InChI=1S/C10H14N4/c1-4-14(5-1)10-12-7-8-6-11-3-2-9(8)13-10/h7,11H,1-6H2. The first-order valence-corrected chi connectivity index (χ1v) is 5.24. The minimum absolute atomic E-state index is 0.926. The molecule has 3 rings (SSSR count). The smallest absolute Gasteiger partial charge is 0.225 e. The van der Waals surface area contributed by atoms with Gasteiger partial charge < -0.3 is 10.2 Å². The number of hydrogen-bond acceptors (Lipinski definition) is 4. The van der Waals surface area contributed by atoms with Crippen LogP contribution in [0.15, 0.2) is 6.20 Å². The van der Waals surface area contributed by atoms with Gasteiger partial charge in [0.15, 0.2) is 0 Å². The van der Waals surface area contributed by atoms with Gasteiger partial charge in [-0.3, -0.25) is 0 Å². The van der Waals surface area contributed by atoms with Crippen LogP contribution in [0.25, 0.3) is 0 Å². The predicted molar refractivity (Wildman–Crippen MR) is 54.3 cm³/mol. The van der Waals surface area contributed by atoms with Crippen LogP contribution >= 0.6 is 0 Å². The van der Waals surface area contributed by atoms with Crippen molar-refractivity contribution in [1.82, 2.24) is 15.3 Å². The number of nitrogens with one attached hydrogen (secondary N) is 1. The largest absolute Gasteiger partial charge is 0.341 e.